The molecule has 2 heterocycles. The van der Waals surface area contributed by atoms with Crippen LogP contribution < -0.4 is 9.64 Å². The van der Waals surface area contributed by atoms with Crippen molar-refractivity contribution in [1.82, 2.24) is 15.0 Å². The van der Waals surface area contributed by atoms with Gasteiger partial charge < -0.3 is 14.4 Å². The number of carbonyl (C=O) groups excluding carboxylic acids is 1. The fourth-order valence-electron chi connectivity index (χ4n) is 4.60. The molecule has 3 aromatic carbocycles. The molecule has 1 saturated heterocycles. The third kappa shape index (κ3) is 6.02. The molecule has 0 amide bonds. The Labute approximate surface area is 227 Å². The number of esters is 1. The highest BCUT2D eigenvalue weighted by molar-refractivity contribution is 7.99. The number of methoxy groups -OCH3 is 1. The molecule has 1 aromatic heterocycles. The van der Waals surface area contributed by atoms with E-state index in [2.05, 4.69) is 63.7 Å². The van der Waals surface area contributed by atoms with Gasteiger partial charge in [0.25, 0.3) is 0 Å². The van der Waals surface area contributed by atoms with Gasteiger partial charge in [-0.2, -0.15) is 0 Å². The van der Waals surface area contributed by atoms with E-state index in [1.807, 2.05) is 24.3 Å². The third-order valence-corrected chi connectivity index (χ3v) is 7.72. The van der Waals surface area contributed by atoms with Crippen LogP contribution in [0.2, 0.25) is 0 Å². The Bertz CT molecular complexity index is 1360. The second kappa shape index (κ2) is 12.2. The van der Waals surface area contributed by atoms with E-state index in [1.54, 1.807) is 18.7 Å². The zero-order chi connectivity index (χ0) is 26.3. The molecular weight excluding hydrogens is 496 g/mol. The molecule has 7 nitrogen and oxygen atoms in total. The molecule has 1 aliphatic rings. The number of piperidine rings is 1. The van der Waals surface area contributed by atoms with Crippen molar-refractivity contribution in [2.45, 2.75) is 42.7 Å². The first-order valence-corrected chi connectivity index (χ1v) is 13.8. The largest absolute Gasteiger partial charge is 0.497 e. The van der Waals surface area contributed by atoms with Gasteiger partial charge in [-0.05, 0) is 79.3 Å². The first-order valence-electron chi connectivity index (χ1n) is 13.0. The summed E-state index contributed by atoms with van der Waals surface area (Å²) in [5.74, 6) is 0.317. The van der Waals surface area contributed by atoms with Crippen molar-refractivity contribution in [2.24, 2.45) is 0 Å². The van der Waals surface area contributed by atoms with Crippen molar-refractivity contribution in [1.29, 1.82) is 0 Å². The predicted molar refractivity (Wildman–Crippen MR) is 150 cm³/mol. The van der Waals surface area contributed by atoms with Gasteiger partial charge in [-0.15, -0.1) is 5.10 Å². The maximum absolute atomic E-state index is 12.6. The van der Waals surface area contributed by atoms with E-state index in [9.17, 15) is 4.79 Å². The number of carbonyl (C=O) groups is 1. The van der Waals surface area contributed by atoms with Gasteiger partial charge >= 0.3 is 5.97 Å². The molecule has 0 spiro atoms. The first-order chi connectivity index (χ1) is 18.6. The molecular formula is C30H32N4O3S. The zero-order valence-corrected chi connectivity index (χ0v) is 22.6. The summed E-state index contributed by atoms with van der Waals surface area (Å²) < 4.78 is 12.3. The summed E-state index contributed by atoms with van der Waals surface area (Å²) in [5, 5.41) is 9.10. The molecule has 0 unspecified atom stereocenters. The number of nitrogens with zero attached hydrogens (tertiary/aromatic N) is 4. The Morgan fingerprint density at radius 3 is 2.42 bits per heavy atom. The van der Waals surface area contributed by atoms with Crippen LogP contribution >= 0.6 is 11.8 Å². The molecule has 0 radical (unpaired) electrons. The monoisotopic (exact) mass is 528 g/mol. The lowest BCUT2D eigenvalue weighted by Gasteiger charge is -2.29. The Balaban J connectivity index is 1.37. The summed E-state index contributed by atoms with van der Waals surface area (Å²) in [6, 6.07) is 24.9. The molecule has 4 aromatic rings. The molecule has 8 heteroatoms. The van der Waals surface area contributed by atoms with E-state index in [1.165, 1.54) is 42.3 Å². The summed E-state index contributed by atoms with van der Waals surface area (Å²) in [4.78, 5) is 16.1. The SMILES string of the molecule is CCOC(=O)c1nnn(Cc2ccc(OC)cc2)c1Sc1ccc(-c2cccc(N3CCCCC3)c2)cc1. The molecule has 0 aliphatic carbocycles. The molecule has 1 fully saturated rings. The second-order valence-corrected chi connectivity index (χ2v) is 10.3. The van der Waals surface area contributed by atoms with Gasteiger partial charge in [-0.1, -0.05) is 53.4 Å². The lowest BCUT2D eigenvalue weighted by molar-refractivity contribution is 0.0515. The van der Waals surface area contributed by atoms with Crippen LogP contribution in [-0.4, -0.2) is 47.8 Å². The van der Waals surface area contributed by atoms with Crippen LogP contribution in [0.4, 0.5) is 5.69 Å². The lowest BCUT2D eigenvalue weighted by Crippen LogP contribution is -2.29. The molecule has 0 bridgehead atoms. The normalized spacial score (nSPS) is 13.4. The van der Waals surface area contributed by atoms with E-state index < -0.39 is 5.97 Å². The molecule has 38 heavy (non-hydrogen) atoms. The predicted octanol–water partition coefficient (Wildman–Crippen LogP) is 6.32. The first kappa shape index (κ1) is 25.9. The highest BCUT2D eigenvalue weighted by atomic mass is 32.2. The van der Waals surface area contributed by atoms with Gasteiger partial charge in [0.15, 0.2) is 0 Å². The fraction of sp³-hybridized carbons (Fsp3) is 0.300. The summed E-state index contributed by atoms with van der Waals surface area (Å²) in [6.07, 6.45) is 3.84. The van der Waals surface area contributed by atoms with Crippen molar-refractivity contribution in [3.8, 4) is 16.9 Å². The van der Waals surface area contributed by atoms with E-state index >= 15 is 0 Å². The smallest absolute Gasteiger partial charge is 0.361 e. The Morgan fingerprint density at radius 2 is 1.71 bits per heavy atom. The third-order valence-electron chi connectivity index (χ3n) is 6.62. The average molecular weight is 529 g/mol. The zero-order valence-electron chi connectivity index (χ0n) is 21.8. The minimum Gasteiger partial charge on any atom is -0.497 e. The van der Waals surface area contributed by atoms with E-state index in [0.29, 0.717) is 11.6 Å². The standard InChI is InChI=1S/C30H32N4O3S/c1-3-37-30(35)28-29(34(32-31-28)21-22-10-14-26(36-2)15-11-22)38-27-16-12-23(13-17-27)24-8-7-9-25(20-24)33-18-5-4-6-19-33/h7-17,20H,3-6,18-19,21H2,1-2H3. The summed E-state index contributed by atoms with van der Waals surface area (Å²) >= 11 is 1.46. The van der Waals surface area contributed by atoms with E-state index in [-0.39, 0.29) is 12.3 Å². The fourth-order valence-corrected chi connectivity index (χ4v) is 5.52. The summed E-state index contributed by atoms with van der Waals surface area (Å²) in [7, 11) is 1.64. The van der Waals surface area contributed by atoms with Gasteiger partial charge in [0, 0.05) is 23.7 Å². The molecule has 5 rings (SSSR count). The van der Waals surface area contributed by atoms with Crippen LogP contribution in [0.5, 0.6) is 5.75 Å². The quantitative estimate of drug-likeness (QED) is 0.236. The van der Waals surface area contributed by atoms with Crippen molar-refractivity contribution in [2.75, 3.05) is 31.7 Å². The van der Waals surface area contributed by atoms with Crippen molar-refractivity contribution >= 4 is 23.4 Å². The van der Waals surface area contributed by atoms with Gasteiger partial charge in [0.2, 0.25) is 5.69 Å². The summed E-state index contributed by atoms with van der Waals surface area (Å²) in [5.41, 5.74) is 4.89. The second-order valence-electron chi connectivity index (χ2n) is 9.19. The minimum absolute atomic E-state index is 0.226. The number of hydrogen-bond donors (Lipinski definition) is 0. The van der Waals surface area contributed by atoms with Crippen molar-refractivity contribution < 1.29 is 14.3 Å². The van der Waals surface area contributed by atoms with Crippen molar-refractivity contribution in [3.63, 3.8) is 0 Å². The van der Waals surface area contributed by atoms with Gasteiger partial charge in [-0.3, -0.25) is 0 Å². The molecule has 196 valence electrons. The van der Waals surface area contributed by atoms with Gasteiger partial charge in [-0.25, -0.2) is 9.48 Å². The number of rotatable bonds is 9. The maximum atomic E-state index is 12.6. The van der Waals surface area contributed by atoms with E-state index in [0.717, 1.165) is 34.9 Å². The minimum atomic E-state index is -0.470. The van der Waals surface area contributed by atoms with Crippen LogP contribution in [0.25, 0.3) is 11.1 Å². The number of ether oxygens (including phenoxy) is 2. The van der Waals surface area contributed by atoms with Crippen molar-refractivity contribution in [3.05, 3.63) is 84.1 Å². The number of aromatic nitrogens is 3. The van der Waals surface area contributed by atoms with Crippen LogP contribution in [0, 0.1) is 0 Å². The Kier molecular flexibility index (Phi) is 8.28. The summed E-state index contributed by atoms with van der Waals surface area (Å²) in [6.45, 7) is 4.78. The number of hydrogen-bond acceptors (Lipinski definition) is 7. The number of benzene rings is 3. The van der Waals surface area contributed by atoms with Crippen LogP contribution in [0.1, 0.15) is 42.2 Å². The topological polar surface area (TPSA) is 69.5 Å². The molecule has 0 saturated carbocycles. The van der Waals surface area contributed by atoms with Crippen LogP contribution in [0.3, 0.4) is 0 Å². The van der Waals surface area contributed by atoms with Crippen LogP contribution in [0.15, 0.2) is 82.7 Å². The van der Waals surface area contributed by atoms with Gasteiger partial charge in [0.05, 0.1) is 20.3 Å². The lowest BCUT2D eigenvalue weighted by atomic mass is 10.0. The maximum Gasteiger partial charge on any atom is 0.361 e. The van der Waals surface area contributed by atoms with Gasteiger partial charge in [0.1, 0.15) is 10.8 Å². The Hall–Kier alpha value is -3.78. The highest BCUT2D eigenvalue weighted by Crippen LogP contribution is 2.33. The van der Waals surface area contributed by atoms with Crippen LogP contribution in [-0.2, 0) is 11.3 Å². The van der Waals surface area contributed by atoms with E-state index in [4.69, 9.17) is 9.47 Å². The number of anilines is 1. The Morgan fingerprint density at radius 1 is 0.947 bits per heavy atom. The molecule has 1 aliphatic heterocycles. The molecule has 0 N–H and O–H groups in total. The molecule has 0 atom stereocenters. The highest BCUT2D eigenvalue weighted by Gasteiger charge is 2.22. The average Bonchev–Trinajstić information content (AvgIpc) is 3.36.